The fraction of sp³-hybridized carbons (Fsp3) is 0.200. The van der Waals surface area contributed by atoms with Crippen molar-refractivity contribution in [2.75, 3.05) is 28.5 Å². The van der Waals surface area contributed by atoms with Crippen LogP contribution in [0.25, 0.3) is 10.9 Å². The molecule has 10 heteroatoms. The highest BCUT2D eigenvalue weighted by atomic mass is 35.5. The van der Waals surface area contributed by atoms with E-state index in [4.69, 9.17) is 16.3 Å². The second kappa shape index (κ2) is 8.00. The van der Waals surface area contributed by atoms with Crippen LogP contribution < -0.4 is 14.4 Å². The number of benzene rings is 2. The molecule has 1 aliphatic rings. The van der Waals surface area contributed by atoms with Crippen molar-refractivity contribution in [3.8, 4) is 11.5 Å². The topological polar surface area (TPSA) is 109 Å². The standard InChI is InChI=1S/C20H18ClN3O5S/c21-15-5-7-18(20-14(15)3-1-8-22-20)29-12-19(26)23-16-11-13(4-6-17(16)25)24-9-2-10-30(24,27)28/h1,3-8,11,25H,2,9-10,12H2,(H,23,26). The zero-order valence-corrected chi connectivity index (χ0v) is 17.3. The first-order chi connectivity index (χ1) is 14.3. The van der Waals surface area contributed by atoms with Gasteiger partial charge >= 0.3 is 0 Å². The molecule has 1 amide bonds. The third-order valence-corrected chi connectivity index (χ3v) is 6.88. The largest absolute Gasteiger partial charge is 0.506 e. The number of amides is 1. The summed E-state index contributed by atoms with van der Waals surface area (Å²) >= 11 is 6.16. The average molecular weight is 448 g/mol. The number of fused-ring (bicyclic) bond motifs is 1. The fourth-order valence-electron chi connectivity index (χ4n) is 3.27. The normalized spacial score (nSPS) is 15.3. The molecule has 0 spiro atoms. The summed E-state index contributed by atoms with van der Waals surface area (Å²) in [5.74, 6) is -0.230. The molecule has 0 saturated carbocycles. The molecule has 2 heterocycles. The molecule has 1 aromatic heterocycles. The molecule has 4 rings (SSSR count). The maximum absolute atomic E-state index is 12.4. The molecule has 156 valence electrons. The van der Waals surface area contributed by atoms with Crippen molar-refractivity contribution >= 4 is 49.8 Å². The van der Waals surface area contributed by atoms with E-state index in [1.807, 2.05) is 0 Å². The lowest BCUT2D eigenvalue weighted by Crippen LogP contribution is -2.25. The van der Waals surface area contributed by atoms with E-state index in [1.165, 1.54) is 22.5 Å². The first kappa shape index (κ1) is 20.2. The molecule has 30 heavy (non-hydrogen) atoms. The molecule has 2 N–H and O–H groups in total. The quantitative estimate of drug-likeness (QED) is 0.581. The number of nitrogens with zero attached hydrogens (tertiary/aromatic N) is 2. The van der Waals surface area contributed by atoms with Crippen LogP contribution in [0.1, 0.15) is 6.42 Å². The Kier molecular flexibility index (Phi) is 5.40. The summed E-state index contributed by atoms with van der Waals surface area (Å²) in [7, 11) is -3.37. The van der Waals surface area contributed by atoms with Crippen molar-refractivity contribution in [2.45, 2.75) is 6.42 Å². The van der Waals surface area contributed by atoms with Gasteiger partial charge in [-0.15, -0.1) is 0 Å². The third-order valence-electron chi connectivity index (χ3n) is 4.68. The molecule has 1 fully saturated rings. The Morgan fingerprint density at radius 1 is 1.27 bits per heavy atom. The summed E-state index contributed by atoms with van der Waals surface area (Å²) in [6, 6.07) is 11.1. The van der Waals surface area contributed by atoms with Gasteiger partial charge in [-0.05, 0) is 48.9 Å². The maximum Gasteiger partial charge on any atom is 0.262 e. The van der Waals surface area contributed by atoms with Crippen LogP contribution in [0.3, 0.4) is 0 Å². The van der Waals surface area contributed by atoms with Crippen LogP contribution in [0.2, 0.25) is 5.02 Å². The van der Waals surface area contributed by atoms with Gasteiger partial charge in [0, 0.05) is 18.1 Å². The predicted octanol–water partition coefficient (Wildman–Crippen LogP) is 3.15. The van der Waals surface area contributed by atoms with E-state index in [0.717, 1.165) is 0 Å². The van der Waals surface area contributed by atoms with E-state index in [-0.39, 0.29) is 23.8 Å². The number of anilines is 2. The van der Waals surface area contributed by atoms with Gasteiger partial charge in [0.15, 0.2) is 6.61 Å². The van der Waals surface area contributed by atoms with Crippen LogP contribution in [-0.2, 0) is 14.8 Å². The minimum absolute atomic E-state index is 0.0759. The van der Waals surface area contributed by atoms with Crippen molar-refractivity contribution in [2.24, 2.45) is 0 Å². The SMILES string of the molecule is O=C(COc1ccc(Cl)c2cccnc12)Nc1cc(N2CCCS2(=O)=O)ccc1O. The Bertz CT molecular complexity index is 1230. The van der Waals surface area contributed by atoms with Crippen molar-refractivity contribution in [1.29, 1.82) is 0 Å². The van der Waals surface area contributed by atoms with Gasteiger partial charge in [-0.1, -0.05) is 11.6 Å². The molecule has 0 aliphatic carbocycles. The minimum atomic E-state index is -3.37. The number of hydrogen-bond donors (Lipinski definition) is 2. The average Bonchev–Trinajstić information content (AvgIpc) is 3.08. The maximum atomic E-state index is 12.4. The summed E-state index contributed by atoms with van der Waals surface area (Å²) < 4.78 is 31.1. The van der Waals surface area contributed by atoms with Gasteiger partial charge in [0.2, 0.25) is 10.0 Å². The van der Waals surface area contributed by atoms with E-state index in [2.05, 4.69) is 10.3 Å². The molecule has 8 nitrogen and oxygen atoms in total. The van der Waals surface area contributed by atoms with Crippen molar-refractivity contribution < 1.29 is 23.1 Å². The monoisotopic (exact) mass is 447 g/mol. The number of ether oxygens (including phenoxy) is 1. The van der Waals surface area contributed by atoms with E-state index < -0.39 is 15.9 Å². The second-order valence-electron chi connectivity index (χ2n) is 6.73. The van der Waals surface area contributed by atoms with E-state index in [9.17, 15) is 18.3 Å². The second-order valence-corrected chi connectivity index (χ2v) is 9.15. The molecule has 0 atom stereocenters. The highest BCUT2D eigenvalue weighted by Crippen LogP contribution is 2.32. The summed E-state index contributed by atoms with van der Waals surface area (Å²) in [4.78, 5) is 16.6. The fourth-order valence-corrected chi connectivity index (χ4v) is 5.04. The first-order valence-corrected chi connectivity index (χ1v) is 11.1. The molecule has 0 unspecified atom stereocenters. The van der Waals surface area contributed by atoms with E-state index in [0.29, 0.717) is 40.3 Å². The number of phenolic OH excluding ortho intramolecular Hbond substituents is 1. The Hall–Kier alpha value is -3.04. The lowest BCUT2D eigenvalue weighted by Gasteiger charge is -2.18. The highest BCUT2D eigenvalue weighted by molar-refractivity contribution is 7.93. The number of halogens is 1. The minimum Gasteiger partial charge on any atom is -0.506 e. The number of carbonyl (C=O) groups excluding carboxylic acids is 1. The summed E-state index contributed by atoms with van der Waals surface area (Å²) in [6.45, 7) is 0.0270. The number of hydrogen-bond acceptors (Lipinski definition) is 6. The molecule has 3 aromatic rings. The van der Waals surface area contributed by atoms with E-state index >= 15 is 0 Å². The van der Waals surface area contributed by atoms with Crippen molar-refractivity contribution in [3.05, 3.63) is 53.7 Å². The first-order valence-electron chi connectivity index (χ1n) is 9.14. The lowest BCUT2D eigenvalue weighted by atomic mass is 10.2. The van der Waals surface area contributed by atoms with Gasteiger partial charge in [0.1, 0.15) is 17.0 Å². The van der Waals surface area contributed by atoms with Gasteiger partial charge in [-0.2, -0.15) is 0 Å². The lowest BCUT2D eigenvalue weighted by molar-refractivity contribution is -0.118. The van der Waals surface area contributed by atoms with Crippen molar-refractivity contribution in [1.82, 2.24) is 4.98 Å². The predicted molar refractivity (Wildman–Crippen MR) is 115 cm³/mol. The van der Waals surface area contributed by atoms with Gasteiger partial charge in [-0.3, -0.25) is 14.1 Å². The number of aromatic nitrogens is 1. The van der Waals surface area contributed by atoms with Gasteiger partial charge in [0.05, 0.1) is 22.2 Å². The smallest absolute Gasteiger partial charge is 0.262 e. The highest BCUT2D eigenvalue weighted by Gasteiger charge is 2.29. The number of rotatable bonds is 5. The van der Waals surface area contributed by atoms with Crippen LogP contribution >= 0.6 is 11.6 Å². The number of phenols is 1. The van der Waals surface area contributed by atoms with Gasteiger partial charge in [-0.25, -0.2) is 8.42 Å². The third kappa shape index (κ3) is 3.99. The molecule has 1 saturated heterocycles. The Morgan fingerprint density at radius 2 is 2.10 bits per heavy atom. The van der Waals surface area contributed by atoms with Crippen LogP contribution in [-0.4, -0.2) is 43.3 Å². The molecular formula is C20H18ClN3O5S. The van der Waals surface area contributed by atoms with Crippen LogP contribution in [0.4, 0.5) is 11.4 Å². The zero-order chi connectivity index (χ0) is 21.3. The number of carbonyl (C=O) groups is 1. The van der Waals surface area contributed by atoms with Crippen LogP contribution in [0, 0.1) is 0 Å². The van der Waals surface area contributed by atoms with Gasteiger partial charge < -0.3 is 15.2 Å². The Labute approximate surface area is 178 Å². The zero-order valence-electron chi connectivity index (χ0n) is 15.7. The van der Waals surface area contributed by atoms with Crippen LogP contribution in [0.5, 0.6) is 11.5 Å². The number of pyridine rings is 1. The van der Waals surface area contributed by atoms with Crippen LogP contribution in [0.15, 0.2) is 48.7 Å². The number of sulfonamides is 1. The molecule has 0 bridgehead atoms. The molecule has 1 aliphatic heterocycles. The number of nitrogens with one attached hydrogen (secondary N) is 1. The summed E-state index contributed by atoms with van der Waals surface area (Å²) in [5, 5.41) is 13.8. The number of aromatic hydroxyl groups is 1. The van der Waals surface area contributed by atoms with Gasteiger partial charge in [0.25, 0.3) is 5.91 Å². The Balaban J connectivity index is 1.49. The van der Waals surface area contributed by atoms with Crippen molar-refractivity contribution in [3.63, 3.8) is 0 Å². The molecular weight excluding hydrogens is 430 g/mol. The molecule has 0 radical (unpaired) electrons. The summed E-state index contributed by atoms with van der Waals surface area (Å²) in [6.07, 6.45) is 2.13. The van der Waals surface area contributed by atoms with E-state index in [1.54, 1.807) is 30.5 Å². The Morgan fingerprint density at radius 3 is 2.87 bits per heavy atom. The summed E-state index contributed by atoms with van der Waals surface area (Å²) in [5.41, 5.74) is 1.01. The molecule has 2 aromatic carbocycles.